The molecule has 0 N–H and O–H groups in total. The molecule has 168 valence electrons. The summed E-state index contributed by atoms with van der Waals surface area (Å²) in [4.78, 5) is 0. The van der Waals surface area contributed by atoms with Crippen LogP contribution in [0.5, 0.6) is 0 Å². The van der Waals surface area contributed by atoms with Gasteiger partial charge in [-0.3, -0.25) is 0 Å². The third kappa shape index (κ3) is 17.5. The minimum atomic E-state index is -3.12. The van der Waals surface area contributed by atoms with Gasteiger partial charge in [-0.15, -0.1) is 0 Å². The highest BCUT2D eigenvalue weighted by molar-refractivity contribution is 7.89. The molecule has 0 fully saturated rings. The Morgan fingerprint density at radius 3 is 1.31 bits per heavy atom. The molecule has 0 radical (unpaired) electrons. The van der Waals surface area contributed by atoms with Crippen LogP contribution in [0.3, 0.4) is 0 Å². The van der Waals surface area contributed by atoms with Crippen molar-refractivity contribution in [1.82, 2.24) is 4.31 Å². The number of sulfonamides is 1. The van der Waals surface area contributed by atoms with Crippen molar-refractivity contribution in [2.45, 2.75) is 116 Å². The summed E-state index contributed by atoms with van der Waals surface area (Å²) in [5.41, 5.74) is 0. The van der Waals surface area contributed by atoms with Gasteiger partial charge < -0.3 is 0 Å². The first-order valence-corrected chi connectivity index (χ1v) is 13.4. The quantitative estimate of drug-likeness (QED) is 0.201. The van der Waals surface area contributed by atoms with Gasteiger partial charge in [0, 0.05) is 25.9 Å². The van der Waals surface area contributed by atoms with E-state index in [-0.39, 0.29) is 5.75 Å². The fourth-order valence-electron chi connectivity index (χ4n) is 3.53. The number of unbranched alkanes of at least 4 members (excludes halogenated alkanes) is 14. The van der Waals surface area contributed by atoms with Crippen molar-refractivity contribution in [3.63, 3.8) is 0 Å². The van der Waals surface area contributed by atoms with Crippen LogP contribution < -0.4 is 0 Å². The van der Waals surface area contributed by atoms with Crippen LogP contribution in [-0.4, -0.2) is 31.6 Å². The Hall–Kier alpha value is -1.11. The van der Waals surface area contributed by atoms with Crippen molar-refractivity contribution < 1.29 is 8.42 Å². The van der Waals surface area contributed by atoms with Crippen molar-refractivity contribution in [1.29, 1.82) is 10.5 Å². The standard InChI is InChI=1S/C23H43N3O2S/c1-2-23-29(27,28)26(21-17-13-9-5-3-7-11-15-19-24)22-18-14-10-6-4-8-12-16-20-25/h2-18,21-23H2,1H3. The van der Waals surface area contributed by atoms with E-state index in [0.717, 1.165) is 64.2 Å². The third-order valence-corrected chi connectivity index (χ3v) is 7.32. The lowest BCUT2D eigenvalue weighted by molar-refractivity contribution is 0.383. The van der Waals surface area contributed by atoms with Crippen molar-refractivity contribution in [2.24, 2.45) is 0 Å². The first kappa shape index (κ1) is 27.9. The molecule has 0 aromatic carbocycles. The summed E-state index contributed by atoms with van der Waals surface area (Å²) in [7, 11) is -3.12. The van der Waals surface area contributed by atoms with Gasteiger partial charge in [0.2, 0.25) is 10.0 Å². The average molecular weight is 426 g/mol. The molecule has 5 nitrogen and oxygen atoms in total. The maximum absolute atomic E-state index is 12.5. The van der Waals surface area contributed by atoms with Crippen LogP contribution in [-0.2, 0) is 10.0 Å². The summed E-state index contributed by atoms with van der Waals surface area (Å²) in [6, 6.07) is 4.36. The third-order valence-electron chi connectivity index (χ3n) is 5.25. The second-order valence-electron chi connectivity index (χ2n) is 7.98. The van der Waals surface area contributed by atoms with Crippen molar-refractivity contribution in [3.05, 3.63) is 0 Å². The molecule has 0 amide bonds. The highest BCUT2D eigenvalue weighted by atomic mass is 32.2. The molecule has 0 heterocycles. The van der Waals surface area contributed by atoms with Crippen LogP contribution in [0.2, 0.25) is 0 Å². The van der Waals surface area contributed by atoms with E-state index in [0.29, 0.717) is 32.4 Å². The molecule has 0 aromatic rings. The Morgan fingerprint density at radius 2 is 0.966 bits per heavy atom. The Bertz CT molecular complexity index is 517. The second kappa shape index (κ2) is 20.2. The topological polar surface area (TPSA) is 85.0 Å². The molecule has 0 bridgehead atoms. The van der Waals surface area contributed by atoms with E-state index in [2.05, 4.69) is 12.1 Å². The van der Waals surface area contributed by atoms with Gasteiger partial charge in [-0.2, -0.15) is 10.5 Å². The maximum Gasteiger partial charge on any atom is 0.214 e. The zero-order chi connectivity index (χ0) is 21.6. The van der Waals surface area contributed by atoms with Crippen LogP contribution in [0, 0.1) is 22.7 Å². The first-order valence-electron chi connectivity index (χ1n) is 11.8. The van der Waals surface area contributed by atoms with Crippen molar-refractivity contribution in [3.8, 4) is 12.1 Å². The molecular formula is C23H43N3O2S. The molecule has 0 aromatic heterocycles. The van der Waals surface area contributed by atoms with Gasteiger partial charge in [0.25, 0.3) is 0 Å². The lowest BCUT2D eigenvalue weighted by atomic mass is 10.1. The lowest BCUT2D eigenvalue weighted by Gasteiger charge is -2.22. The summed E-state index contributed by atoms with van der Waals surface area (Å²) in [6.45, 7) is 3.24. The van der Waals surface area contributed by atoms with E-state index < -0.39 is 10.0 Å². The number of nitrogens with zero attached hydrogens (tertiary/aromatic N) is 3. The molecule has 0 aliphatic rings. The Labute approximate surface area is 180 Å². The molecule has 29 heavy (non-hydrogen) atoms. The zero-order valence-electron chi connectivity index (χ0n) is 18.7. The van der Waals surface area contributed by atoms with Crippen LogP contribution in [0.4, 0.5) is 0 Å². The Balaban J connectivity index is 3.97. The van der Waals surface area contributed by atoms with E-state index in [9.17, 15) is 8.42 Å². The molecule has 0 saturated carbocycles. The van der Waals surface area contributed by atoms with Gasteiger partial charge in [0.05, 0.1) is 17.9 Å². The zero-order valence-corrected chi connectivity index (χ0v) is 19.5. The predicted molar refractivity (Wildman–Crippen MR) is 121 cm³/mol. The van der Waals surface area contributed by atoms with E-state index in [1.165, 1.54) is 25.7 Å². The summed E-state index contributed by atoms with van der Waals surface area (Å²) >= 11 is 0. The average Bonchev–Trinajstić information content (AvgIpc) is 2.69. The summed E-state index contributed by atoms with van der Waals surface area (Å²) in [5, 5.41) is 17.1. The Morgan fingerprint density at radius 1 is 0.621 bits per heavy atom. The maximum atomic E-state index is 12.5. The summed E-state index contributed by atoms with van der Waals surface area (Å²) in [5.74, 6) is 0.255. The highest BCUT2D eigenvalue weighted by Crippen LogP contribution is 2.14. The number of hydrogen-bond acceptors (Lipinski definition) is 4. The molecule has 0 aliphatic heterocycles. The predicted octanol–water partition coefficient (Wildman–Crippen LogP) is 6.32. The molecule has 0 atom stereocenters. The molecule has 0 aliphatic carbocycles. The number of hydrogen-bond donors (Lipinski definition) is 0. The summed E-state index contributed by atoms with van der Waals surface area (Å²) in [6.07, 6.45) is 17.3. The van der Waals surface area contributed by atoms with Crippen LogP contribution in [0.15, 0.2) is 0 Å². The van der Waals surface area contributed by atoms with Crippen LogP contribution in [0.1, 0.15) is 116 Å². The van der Waals surface area contributed by atoms with Crippen molar-refractivity contribution >= 4 is 10.0 Å². The van der Waals surface area contributed by atoms with Gasteiger partial charge >= 0.3 is 0 Å². The summed E-state index contributed by atoms with van der Waals surface area (Å²) < 4.78 is 26.8. The van der Waals surface area contributed by atoms with Crippen molar-refractivity contribution in [2.75, 3.05) is 18.8 Å². The number of rotatable bonds is 21. The molecule has 0 unspecified atom stereocenters. The van der Waals surface area contributed by atoms with Crippen LogP contribution >= 0.6 is 0 Å². The molecule has 6 heteroatoms. The molecule has 0 rings (SSSR count). The smallest absolute Gasteiger partial charge is 0.212 e. The first-order chi connectivity index (χ1) is 14.1. The van der Waals surface area contributed by atoms with E-state index in [4.69, 9.17) is 10.5 Å². The van der Waals surface area contributed by atoms with Gasteiger partial charge in [0.15, 0.2) is 0 Å². The number of nitriles is 2. The van der Waals surface area contributed by atoms with Gasteiger partial charge in [-0.1, -0.05) is 71.1 Å². The minimum Gasteiger partial charge on any atom is -0.212 e. The SMILES string of the molecule is CCCS(=O)(=O)N(CCCCCCCCCC#N)CCCCCCCCCC#N. The fourth-order valence-corrected chi connectivity index (χ4v) is 5.12. The van der Waals surface area contributed by atoms with Gasteiger partial charge in [0.1, 0.15) is 0 Å². The van der Waals surface area contributed by atoms with E-state index in [1.807, 2.05) is 6.92 Å². The molecule has 0 spiro atoms. The van der Waals surface area contributed by atoms with Gasteiger partial charge in [-0.25, -0.2) is 12.7 Å². The van der Waals surface area contributed by atoms with Gasteiger partial charge in [-0.05, 0) is 32.1 Å². The van der Waals surface area contributed by atoms with E-state index >= 15 is 0 Å². The second-order valence-corrected chi connectivity index (χ2v) is 10.1. The molecule has 0 saturated heterocycles. The highest BCUT2D eigenvalue weighted by Gasteiger charge is 2.19. The lowest BCUT2D eigenvalue weighted by Crippen LogP contribution is -2.34. The van der Waals surface area contributed by atoms with E-state index in [1.54, 1.807) is 4.31 Å². The fraction of sp³-hybridized carbons (Fsp3) is 0.913. The normalized spacial score (nSPS) is 11.4. The Kier molecular flexibility index (Phi) is 19.4. The minimum absolute atomic E-state index is 0.255. The van der Waals surface area contributed by atoms with Crippen LogP contribution in [0.25, 0.3) is 0 Å². The largest absolute Gasteiger partial charge is 0.214 e. The monoisotopic (exact) mass is 425 g/mol. The molecular weight excluding hydrogens is 382 g/mol.